The zero-order valence-electron chi connectivity index (χ0n) is 14.3. The lowest BCUT2D eigenvalue weighted by Gasteiger charge is -2.28. The number of allylic oxidation sites excluding steroid dienone is 1. The number of hydrogen-bond acceptors (Lipinski definition) is 1. The average Bonchev–Trinajstić information content (AvgIpc) is 2.75. The third-order valence-corrected chi connectivity index (χ3v) is 4.57. The first-order valence-electron chi connectivity index (χ1n) is 7.94. The molecule has 2 aromatic rings. The molecule has 2 heterocycles. The second-order valence-corrected chi connectivity index (χ2v) is 7.21. The van der Waals surface area contributed by atoms with Gasteiger partial charge in [0.2, 0.25) is 0 Å². The largest absolute Gasteiger partial charge is 0.326 e. The lowest BCUT2D eigenvalue weighted by Crippen LogP contribution is -2.23. The molecule has 1 unspecified atom stereocenters. The zero-order valence-corrected chi connectivity index (χ0v) is 14.3. The fourth-order valence-corrected chi connectivity index (χ4v) is 2.32. The van der Waals surface area contributed by atoms with Crippen LogP contribution in [0.15, 0.2) is 30.0 Å². The highest BCUT2D eigenvalue weighted by molar-refractivity contribution is 5.80. The third-order valence-electron chi connectivity index (χ3n) is 4.57. The van der Waals surface area contributed by atoms with Crippen molar-refractivity contribution in [1.29, 1.82) is 0 Å². The summed E-state index contributed by atoms with van der Waals surface area (Å²) in [5.41, 5.74) is 4.08. The van der Waals surface area contributed by atoms with Gasteiger partial charge < -0.3 is 4.57 Å². The molecule has 0 saturated heterocycles. The highest BCUT2D eigenvalue weighted by atomic mass is 15.0. The van der Waals surface area contributed by atoms with Gasteiger partial charge in [0, 0.05) is 23.8 Å². The molecule has 0 saturated carbocycles. The van der Waals surface area contributed by atoms with Gasteiger partial charge in [-0.05, 0) is 49.0 Å². The van der Waals surface area contributed by atoms with Gasteiger partial charge in [0.25, 0.3) is 0 Å². The predicted molar refractivity (Wildman–Crippen MR) is 92.3 cm³/mol. The van der Waals surface area contributed by atoms with E-state index in [0.29, 0.717) is 11.3 Å². The van der Waals surface area contributed by atoms with Crippen molar-refractivity contribution in [3.8, 4) is 0 Å². The Labute approximate surface area is 128 Å². The van der Waals surface area contributed by atoms with E-state index in [9.17, 15) is 0 Å². The lowest BCUT2D eigenvalue weighted by atomic mass is 9.82. The topological polar surface area (TPSA) is 17.8 Å². The Morgan fingerprint density at radius 1 is 1.38 bits per heavy atom. The Kier molecular flexibility index (Phi) is 4.55. The number of hydrogen-bond donors (Lipinski definition) is 0. The molecule has 0 fully saturated rings. The molecule has 21 heavy (non-hydrogen) atoms. The highest BCUT2D eigenvalue weighted by Gasteiger charge is 2.22. The average molecular weight is 284 g/mol. The Bertz CT molecular complexity index is 641. The van der Waals surface area contributed by atoms with Crippen molar-refractivity contribution in [2.24, 2.45) is 11.3 Å². The third kappa shape index (κ3) is 3.55. The standard InChI is InChI=1S/C19H28N2/c1-7-14(2)11-17-12-16-9-8-10-20-18(16)21(17)13-15(3)19(4,5)6/h8-12,15H,7,13H2,1-6H3/b14-11+. The van der Waals surface area contributed by atoms with Gasteiger partial charge >= 0.3 is 0 Å². The van der Waals surface area contributed by atoms with Gasteiger partial charge in [0.1, 0.15) is 5.65 Å². The zero-order chi connectivity index (χ0) is 15.6. The second kappa shape index (κ2) is 6.05. The minimum Gasteiger partial charge on any atom is -0.326 e. The van der Waals surface area contributed by atoms with Crippen molar-refractivity contribution in [1.82, 2.24) is 9.55 Å². The van der Waals surface area contributed by atoms with Gasteiger partial charge in [0.15, 0.2) is 0 Å². The summed E-state index contributed by atoms with van der Waals surface area (Å²) >= 11 is 0. The summed E-state index contributed by atoms with van der Waals surface area (Å²) in [5.74, 6) is 0.587. The molecule has 2 heteroatoms. The van der Waals surface area contributed by atoms with E-state index in [4.69, 9.17) is 0 Å². The molecule has 0 aromatic carbocycles. The smallest absolute Gasteiger partial charge is 0.140 e. The van der Waals surface area contributed by atoms with Crippen molar-refractivity contribution >= 4 is 17.1 Å². The maximum absolute atomic E-state index is 4.60. The molecule has 0 aliphatic rings. The van der Waals surface area contributed by atoms with Gasteiger partial charge in [-0.2, -0.15) is 0 Å². The number of rotatable bonds is 4. The second-order valence-electron chi connectivity index (χ2n) is 7.21. The minimum atomic E-state index is 0.298. The van der Waals surface area contributed by atoms with Crippen molar-refractivity contribution in [2.45, 2.75) is 54.5 Å². The first-order valence-corrected chi connectivity index (χ1v) is 7.94. The van der Waals surface area contributed by atoms with E-state index in [-0.39, 0.29) is 0 Å². The maximum atomic E-state index is 4.60. The molecule has 0 aliphatic carbocycles. The van der Waals surface area contributed by atoms with E-state index >= 15 is 0 Å². The SMILES string of the molecule is CC/C(C)=C/c1cc2cccnc2n1CC(C)C(C)(C)C. The molecule has 0 bridgehead atoms. The summed E-state index contributed by atoms with van der Waals surface area (Å²) in [5, 5.41) is 1.23. The predicted octanol–water partition coefficient (Wildman–Crippen LogP) is 5.53. The Morgan fingerprint density at radius 3 is 2.71 bits per heavy atom. The van der Waals surface area contributed by atoms with E-state index in [1.807, 2.05) is 12.3 Å². The van der Waals surface area contributed by atoms with Gasteiger partial charge in [-0.3, -0.25) is 0 Å². The molecule has 114 valence electrons. The monoisotopic (exact) mass is 284 g/mol. The molecule has 0 radical (unpaired) electrons. The van der Waals surface area contributed by atoms with Crippen LogP contribution in [0.5, 0.6) is 0 Å². The summed E-state index contributed by atoms with van der Waals surface area (Å²) in [4.78, 5) is 4.60. The quantitative estimate of drug-likeness (QED) is 0.721. The lowest BCUT2D eigenvalue weighted by molar-refractivity contribution is 0.234. The first-order chi connectivity index (χ1) is 9.82. The van der Waals surface area contributed by atoms with Crippen LogP contribution >= 0.6 is 0 Å². The normalized spacial score (nSPS) is 14.7. The maximum Gasteiger partial charge on any atom is 0.140 e. The van der Waals surface area contributed by atoms with Gasteiger partial charge in [-0.15, -0.1) is 0 Å². The number of fused-ring (bicyclic) bond motifs is 1. The van der Waals surface area contributed by atoms with E-state index in [1.54, 1.807) is 0 Å². The highest BCUT2D eigenvalue weighted by Crippen LogP contribution is 2.29. The van der Waals surface area contributed by atoms with Crippen molar-refractivity contribution < 1.29 is 0 Å². The molecule has 0 spiro atoms. The van der Waals surface area contributed by atoms with Crippen LogP contribution in [0, 0.1) is 11.3 Å². The molecule has 1 atom stereocenters. The van der Waals surface area contributed by atoms with Gasteiger partial charge in [-0.25, -0.2) is 4.98 Å². The summed E-state index contributed by atoms with van der Waals surface area (Å²) in [7, 11) is 0. The first kappa shape index (κ1) is 15.8. The van der Waals surface area contributed by atoms with E-state index in [1.165, 1.54) is 16.7 Å². The van der Waals surface area contributed by atoms with Crippen LogP contribution in [0.4, 0.5) is 0 Å². The fraction of sp³-hybridized carbons (Fsp3) is 0.526. The van der Waals surface area contributed by atoms with E-state index < -0.39 is 0 Å². The van der Waals surface area contributed by atoms with E-state index in [0.717, 1.165) is 18.6 Å². The van der Waals surface area contributed by atoms with Crippen LogP contribution in [-0.2, 0) is 6.54 Å². The molecule has 0 N–H and O–H groups in total. The van der Waals surface area contributed by atoms with Gasteiger partial charge in [0.05, 0.1) is 0 Å². The molecule has 0 aliphatic heterocycles. The molecule has 2 rings (SSSR count). The minimum absolute atomic E-state index is 0.298. The molecular formula is C19H28N2. The van der Waals surface area contributed by atoms with E-state index in [2.05, 4.69) is 69.3 Å². The van der Waals surface area contributed by atoms with Crippen LogP contribution in [0.1, 0.15) is 53.7 Å². The van der Waals surface area contributed by atoms with Gasteiger partial charge in [-0.1, -0.05) is 40.2 Å². The molecule has 2 nitrogen and oxygen atoms in total. The Morgan fingerprint density at radius 2 is 2.10 bits per heavy atom. The Balaban J connectivity index is 2.50. The Hall–Kier alpha value is -1.57. The molecular weight excluding hydrogens is 256 g/mol. The molecule has 2 aromatic heterocycles. The van der Waals surface area contributed by atoms with Crippen LogP contribution < -0.4 is 0 Å². The van der Waals surface area contributed by atoms with Crippen LogP contribution in [0.3, 0.4) is 0 Å². The number of pyridine rings is 1. The van der Waals surface area contributed by atoms with Crippen LogP contribution in [0.2, 0.25) is 0 Å². The number of nitrogens with zero attached hydrogens (tertiary/aromatic N) is 2. The summed E-state index contributed by atoms with van der Waals surface area (Å²) < 4.78 is 2.38. The summed E-state index contributed by atoms with van der Waals surface area (Å²) in [6.07, 6.45) is 5.28. The van der Waals surface area contributed by atoms with Crippen molar-refractivity contribution in [3.63, 3.8) is 0 Å². The van der Waals surface area contributed by atoms with Crippen molar-refractivity contribution in [2.75, 3.05) is 0 Å². The van der Waals surface area contributed by atoms with Crippen LogP contribution in [-0.4, -0.2) is 9.55 Å². The van der Waals surface area contributed by atoms with Crippen molar-refractivity contribution in [3.05, 3.63) is 35.7 Å². The van der Waals surface area contributed by atoms with Crippen LogP contribution in [0.25, 0.3) is 17.1 Å². The molecule has 0 amide bonds. The fourth-order valence-electron chi connectivity index (χ4n) is 2.32. The summed E-state index contributed by atoms with van der Waals surface area (Å²) in [6.45, 7) is 14.7. The number of aromatic nitrogens is 2. The summed E-state index contributed by atoms with van der Waals surface area (Å²) in [6, 6.07) is 6.43.